The van der Waals surface area contributed by atoms with Crippen LogP contribution in [0.2, 0.25) is 0 Å². The number of likely N-dealkylation sites (N-methyl/N-ethyl adjacent to an activating group) is 1. The molecule has 4 aliphatic carbocycles. The van der Waals surface area contributed by atoms with Gasteiger partial charge in [0.05, 0.1) is 23.0 Å². The molecule has 13 nitrogen and oxygen atoms in total. The summed E-state index contributed by atoms with van der Waals surface area (Å²) in [4.78, 5) is 37.6. The van der Waals surface area contributed by atoms with E-state index in [1.54, 1.807) is 11.3 Å². The van der Waals surface area contributed by atoms with Crippen molar-refractivity contribution in [2.75, 3.05) is 36.9 Å². The molecule has 5 aromatic rings. The van der Waals surface area contributed by atoms with Gasteiger partial charge in [-0.2, -0.15) is 5.10 Å². The summed E-state index contributed by atoms with van der Waals surface area (Å²) in [6.07, 6.45) is 12.8. The van der Waals surface area contributed by atoms with Gasteiger partial charge >= 0.3 is 11.9 Å². The van der Waals surface area contributed by atoms with Gasteiger partial charge in [-0.3, -0.25) is 14.4 Å². The van der Waals surface area contributed by atoms with Gasteiger partial charge in [0, 0.05) is 41.0 Å². The second-order valence-electron chi connectivity index (χ2n) is 18.9. The Morgan fingerprint density at radius 2 is 1.69 bits per heavy atom. The molecule has 4 fully saturated rings. The quantitative estimate of drug-likeness (QED) is 0.104. The lowest BCUT2D eigenvalue weighted by Crippen LogP contribution is -2.60. The van der Waals surface area contributed by atoms with Gasteiger partial charge in [0.15, 0.2) is 22.5 Å². The number of nitrogens with one attached hydrogen (secondary N) is 1. The molecule has 0 spiro atoms. The Morgan fingerprint density at radius 3 is 2.43 bits per heavy atom. The fourth-order valence-electron chi connectivity index (χ4n) is 12.8. The lowest BCUT2D eigenvalue weighted by molar-refractivity contribution is -0.198. The molecule has 4 saturated carbocycles. The van der Waals surface area contributed by atoms with Gasteiger partial charge in [0.1, 0.15) is 5.82 Å². The minimum Gasteiger partial charge on any atom is -0.480 e. The Hall–Kier alpha value is -4.95. The first kappa shape index (κ1) is 38.6. The first-order valence-electron chi connectivity index (χ1n) is 20.6. The summed E-state index contributed by atoms with van der Waals surface area (Å²) in [5, 5.41) is 38.2. The van der Waals surface area contributed by atoms with Crippen molar-refractivity contribution in [3.8, 4) is 11.1 Å². The monoisotopic (exact) mass is 803 g/mol. The second kappa shape index (κ2) is 14.1. The van der Waals surface area contributed by atoms with E-state index in [-0.39, 0.29) is 33.9 Å². The van der Waals surface area contributed by atoms with Gasteiger partial charge in [0.25, 0.3) is 0 Å². The minimum absolute atomic E-state index is 0.00674. The number of carbonyl (C=O) groups is 2. The van der Waals surface area contributed by atoms with Gasteiger partial charge < -0.3 is 20.4 Å². The number of rotatable bonds is 13. The number of para-hydroxylation sites is 1. The number of carboxylic acid groups (broad SMARTS) is 2. The minimum atomic E-state index is -1.09. The van der Waals surface area contributed by atoms with Crippen LogP contribution in [-0.4, -0.2) is 83.7 Å². The molecule has 304 valence electrons. The largest absolute Gasteiger partial charge is 0.480 e. The fourth-order valence-corrected chi connectivity index (χ4v) is 13.6. The normalized spacial score (nSPS) is 26.1. The summed E-state index contributed by atoms with van der Waals surface area (Å²) in [5.41, 5.74) is 6.14. The Morgan fingerprint density at radius 1 is 0.931 bits per heavy atom. The number of aliphatic carboxylic acids is 1. The first-order chi connectivity index (χ1) is 27.6. The lowest BCUT2D eigenvalue weighted by Gasteiger charge is -2.70. The average Bonchev–Trinajstić information content (AvgIpc) is 3.72. The van der Waals surface area contributed by atoms with E-state index in [0.717, 1.165) is 82.9 Å². The number of benzene rings is 1. The third-order valence-corrected chi connectivity index (χ3v) is 14.6. The predicted molar refractivity (Wildman–Crippen MR) is 225 cm³/mol. The lowest BCUT2D eigenvalue weighted by atomic mass is 9.35. The van der Waals surface area contributed by atoms with Crippen LogP contribution in [0.4, 0.5) is 22.6 Å². The predicted octanol–water partition coefficient (Wildman–Crippen LogP) is 8.65. The SMILES string of the molecule is Cc1c(Nc2nc3ccccc3s2)nnc2c1CCCN2c1ccc(-c2cnn(CC34CC5(C)CC(C)(CC(CCCN(C)CC(=O)O)(C5)C3)C4)c2C)c(C(=O)O)n1. The number of anilines is 4. The molecule has 1 aliphatic heterocycles. The summed E-state index contributed by atoms with van der Waals surface area (Å²) in [6, 6.07) is 11.8. The van der Waals surface area contributed by atoms with Crippen molar-refractivity contribution in [3.05, 3.63) is 65.1 Å². The van der Waals surface area contributed by atoms with Crippen LogP contribution in [0.3, 0.4) is 0 Å². The standard InChI is InChI=1S/C44H53N9O4S/c1-27-29-10-8-17-52(38(29)50-49-37(27)48-40-46-32-11-6-7-12-33(32)58-40)34-14-13-30(36(47-34)39(56)57)31-18-45-53(28(31)2)26-44-23-41(3)20-42(4,24-44)22-43(21-41,25-44)15-9-16-51(5)19-35(54)55/h6-7,11-14,18H,8-10,15-17,19-26H2,1-5H3,(H,54,55)(H,56,57)(H,46,48,49). The van der Waals surface area contributed by atoms with Crippen molar-refractivity contribution in [3.63, 3.8) is 0 Å². The molecule has 2 unspecified atom stereocenters. The van der Waals surface area contributed by atoms with Crippen molar-refractivity contribution >= 4 is 56.1 Å². The number of fused-ring (bicyclic) bond motifs is 2. The Balaban J connectivity index is 0.963. The van der Waals surface area contributed by atoms with E-state index in [0.29, 0.717) is 29.6 Å². The molecule has 14 heteroatoms. The number of carboxylic acids is 2. The third kappa shape index (κ3) is 7.01. The van der Waals surface area contributed by atoms with E-state index in [9.17, 15) is 19.8 Å². The van der Waals surface area contributed by atoms with E-state index >= 15 is 0 Å². The molecule has 4 bridgehead atoms. The maximum Gasteiger partial charge on any atom is 0.355 e. The van der Waals surface area contributed by atoms with Crippen molar-refractivity contribution < 1.29 is 19.8 Å². The second-order valence-corrected chi connectivity index (χ2v) is 20.0. The highest BCUT2D eigenvalue weighted by Crippen LogP contribution is 2.75. The Kier molecular flexibility index (Phi) is 9.38. The zero-order valence-electron chi connectivity index (χ0n) is 34.1. The Bertz CT molecular complexity index is 2390. The first-order valence-corrected chi connectivity index (χ1v) is 21.4. The van der Waals surface area contributed by atoms with Crippen molar-refractivity contribution in [1.29, 1.82) is 0 Å². The average molecular weight is 804 g/mol. The van der Waals surface area contributed by atoms with E-state index in [4.69, 9.17) is 15.1 Å². The molecule has 2 atom stereocenters. The van der Waals surface area contributed by atoms with Gasteiger partial charge in [-0.05, 0) is 138 Å². The van der Waals surface area contributed by atoms with Crippen molar-refractivity contribution in [2.45, 2.75) is 98.4 Å². The molecule has 10 rings (SSSR count). The molecule has 0 radical (unpaired) electrons. The maximum atomic E-state index is 12.9. The highest BCUT2D eigenvalue weighted by Gasteiger charge is 2.65. The summed E-state index contributed by atoms with van der Waals surface area (Å²) in [7, 11) is 1.90. The molecule has 58 heavy (non-hydrogen) atoms. The number of hydrogen-bond donors (Lipinski definition) is 3. The number of nitrogens with zero attached hydrogens (tertiary/aromatic N) is 8. The highest BCUT2D eigenvalue weighted by atomic mass is 32.1. The van der Waals surface area contributed by atoms with Gasteiger partial charge in [-0.25, -0.2) is 14.8 Å². The van der Waals surface area contributed by atoms with Crippen LogP contribution in [0.15, 0.2) is 42.6 Å². The molecule has 3 N–H and O–H groups in total. The van der Waals surface area contributed by atoms with E-state index in [1.807, 2.05) is 60.3 Å². The van der Waals surface area contributed by atoms with Crippen LogP contribution < -0.4 is 10.2 Å². The molecule has 4 aromatic heterocycles. The number of hydrogen-bond acceptors (Lipinski definition) is 11. The Labute approximate surface area is 342 Å². The smallest absolute Gasteiger partial charge is 0.355 e. The van der Waals surface area contributed by atoms with E-state index < -0.39 is 11.9 Å². The maximum absolute atomic E-state index is 12.9. The van der Waals surface area contributed by atoms with Gasteiger partial charge in [0.2, 0.25) is 0 Å². The molecular weight excluding hydrogens is 751 g/mol. The number of aromatic nitrogens is 6. The summed E-state index contributed by atoms with van der Waals surface area (Å²) < 4.78 is 3.22. The summed E-state index contributed by atoms with van der Waals surface area (Å²) in [5.74, 6) is 0.0188. The molecule has 1 aromatic carbocycles. The van der Waals surface area contributed by atoms with Gasteiger partial charge in [-0.1, -0.05) is 37.3 Å². The van der Waals surface area contributed by atoms with E-state index in [2.05, 4.69) is 47.0 Å². The van der Waals surface area contributed by atoms with Crippen LogP contribution in [0.1, 0.15) is 98.9 Å². The zero-order chi connectivity index (χ0) is 40.6. The molecule has 0 saturated heterocycles. The number of aromatic carboxylic acids is 1. The van der Waals surface area contributed by atoms with E-state index in [1.165, 1.54) is 32.1 Å². The number of thiazole rings is 1. The number of pyridine rings is 1. The third-order valence-electron chi connectivity index (χ3n) is 13.6. The van der Waals surface area contributed by atoms with Crippen LogP contribution in [0, 0.1) is 35.5 Å². The van der Waals surface area contributed by atoms with Crippen molar-refractivity contribution in [1.82, 2.24) is 34.8 Å². The van der Waals surface area contributed by atoms with Crippen LogP contribution in [-0.2, 0) is 17.8 Å². The highest BCUT2D eigenvalue weighted by molar-refractivity contribution is 7.22. The fraction of sp³-hybridized carbons (Fsp3) is 0.523. The van der Waals surface area contributed by atoms with Gasteiger partial charge in [-0.15, -0.1) is 10.2 Å². The van der Waals surface area contributed by atoms with Crippen LogP contribution in [0.5, 0.6) is 0 Å². The topological polar surface area (TPSA) is 162 Å². The molecule has 5 aliphatic rings. The molecule has 5 heterocycles. The summed E-state index contributed by atoms with van der Waals surface area (Å²) >= 11 is 1.57. The van der Waals surface area contributed by atoms with Crippen LogP contribution in [0.25, 0.3) is 21.3 Å². The summed E-state index contributed by atoms with van der Waals surface area (Å²) in [6.45, 7) is 11.4. The van der Waals surface area contributed by atoms with Crippen molar-refractivity contribution in [2.24, 2.45) is 21.7 Å². The molecular formula is C44H53N9O4S. The van der Waals surface area contributed by atoms with Crippen LogP contribution >= 0.6 is 11.3 Å². The zero-order valence-corrected chi connectivity index (χ0v) is 35.0. The molecule has 0 amide bonds.